The van der Waals surface area contributed by atoms with Crippen molar-refractivity contribution in [3.8, 4) is 0 Å². The fourth-order valence-electron chi connectivity index (χ4n) is 1.81. The van der Waals surface area contributed by atoms with E-state index in [1.807, 2.05) is 6.92 Å². The molecule has 0 saturated carbocycles. The summed E-state index contributed by atoms with van der Waals surface area (Å²) in [7, 11) is 0. The Kier molecular flexibility index (Phi) is 5.18. The topological polar surface area (TPSA) is 66.4 Å². The maximum Gasteiger partial charge on any atom is 0.307 e. The Balaban J connectivity index is 2.27. The number of thiophene rings is 1. The van der Waals surface area contributed by atoms with E-state index in [-0.39, 0.29) is 12.3 Å². The Labute approximate surface area is 142 Å². The molecule has 1 amide bonds. The summed E-state index contributed by atoms with van der Waals surface area (Å²) in [5, 5.41) is 11.7. The zero-order chi connectivity index (χ0) is 15.6. The fraction of sp³-hybridized carbons (Fsp3) is 0.143. The third kappa shape index (κ3) is 3.72. The third-order valence-electron chi connectivity index (χ3n) is 2.85. The maximum atomic E-state index is 12.3. The van der Waals surface area contributed by atoms with E-state index in [0.29, 0.717) is 16.1 Å². The van der Waals surface area contributed by atoms with E-state index in [4.69, 9.17) is 5.11 Å². The van der Waals surface area contributed by atoms with Gasteiger partial charge in [-0.2, -0.15) is 0 Å². The lowest BCUT2D eigenvalue weighted by molar-refractivity contribution is -0.136. The third-order valence-corrected chi connectivity index (χ3v) is 6.59. The summed E-state index contributed by atoms with van der Waals surface area (Å²) in [4.78, 5) is 23.8. The van der Waals surface area contributed by atoms with Gasteiger partial charge in [-0.3, -0.25) is 9.59 Å². The summed E-state index contributed by atoms with van der Waals surface area (Å²) in [6, 6.07) is 6.89. The number of aliphatic carboxylic acids is 1. The highest BCUT2D eigenvalue weighted by molar-refractivity contribution is 9.13. The van der Waals surface area contributed by atoms with Gasteiger partial charge in [0, 0.05) is 10.2 Å². The number of hydrogen-bond acceptors (Lipinski definition) is 3. The van der Waals surface area contributed by atoms with Crippen LogP contribution in [0.3, 0.4) is 0 Å². The largest absolute Gasteiger partial charge is 0.481 e. The summed E-state index contributed by atoms with van der Waals surface area (Å²) in [5.41, 5.74) is 1.94. The molecule has 1 aromatic heterocycles. The van der Waals surface area contributed by atoms with Crippen LogP contribution in [-0.4, -0.2) is 17.0 Å². The first-order chi connectivity index (χ1) is 9.90. The minimum Gasteiger partial charge on any atom is -0.481 e. The zero-order valence-electron chi connectivity index (χ0n) is 10.9. The van der Waals surface area contributed by atoms with Gasteiger partial charge >= 0.3 is 5.97 Å². The van der Waals surface area contributed by atoms with Crippen molar-refractivity contribution in [3.05, 3.63) is 48.5 Å². The van der Waals surface area contributed by atoms with E-state index in [2.05, 4.69) is 37.2 Å². The number of amides is 1. The number of anilines is 1. The summed E-state index contributed by atoms with van der Waals surface area (Å²) in [6.07, 6.45) is -0.132. The molecule has 0 aliphatic rings. The lowest BCUT2D eigenvalue weighted by atomic mass is 10.1. The quantitative estimate of drug-likeness (QED) is 0.749. The predicted molar refractivity (Wildman–Crippen MR) is 90.2 cm³/mol. The number of carboxylic acid groups (broad SMARTS) is 1. The van der Waals surface area contributed by atoms with Crippen molar-refractivity contribution in [2.45, 2.75) is 13.3 Å². The highest BCUT2D eigenvalue weighted by Gasteiger charge is 2.18. The van der Waals surface area contributed by atoms with Gasteiger partial charge in [-0.1, -0.05) is 18.2 Å². The predicted octanol–water partition coefficient (Wildman–Crippen LogP) is 4.46. The Bertz CT molecular complexity index is 712. The van der Waals surface area contributed by atoms with E-state index >= 15 is 0 Å². The molecular formula is C14H11Br2NO3S. The van der Waals surface area contributed by atoms with E-state index in [0.717, 1.165) is 13.8 Å². The molecule has 7 heteroatoms. The molecule has 2 N–H and O–H groups in total. The monoisotopic (exact) mass is 431 g/mol. The van der Waals surface area contributed by atoms with Crippen LogP contribution in [0.15, 0.2) is 32.5 Å². The van der Waals surface area contributed by atoms with Crippen LogP contribution >= 0.6 is 43.2 Å². The smallest absolute Gasteiger partial charge is 0.307 e. The first-order valence-electron chi connectivity index (χ1n) is 5.95. The highest BCUT2D eigenvalue weighted by atomic mass is 79.9. The van der Waals surface area contributed by atoms with Gasteiger partial charge in [-0.05, 0) is 56.0 Å². The number of hydrogen-bond donors (Lipinski definition) is 2. The van der Waals surface area contributed by atoms with Crippen LogP contribution in [0, 0.1) is 6.92 Å². The van der Waals surface area contributed by atoms with Gasteiger partial charge in [0.2, 0.25) is 0 Å². The van der Waals surface area contributed by atoms with Crippen molar-refractivity contribution in [1.29, 1.82) is 0 Å². The molecule has 21 heavy (non-hydrogen) atoms. The molecule has 0 aliphatic carbocycles. The van der Waals surface area contributed by atoms with Gasteiger partial charge in [0.1, 0.15) is 0 Å². The SMILES string of the molecule is Cc1c(C(=O)Nc2ccccc2CC(=O)O)sc(Br)c1Br. The molecule has 2 aromatic rings. The van der Waals surface area contributed by atoms with Crippen molar-refractivity contribution in [3.63, 3.8) is 0 Å². The number of halogens is 2. The molecule has 0 spiro atoms. The van der Waals surface area contributed by atoms with Gasteiger partial charge in [-0.15, -0.1) is 11.3 Å². The Hall–Kier alpha value is -1.18. The lowest BCUT2D eigenvalue weighted by Gasteiger charge is -2.09. The van der Waals surface area contributed by atoms with Gasteiger partial charge in [0.05, 0.1) is 15.1 Å². The summed E-state index contributed by atoms with van der Waals surface area (Å²) >= 11 is 8.12. The molecule has 0 bridgehead atoms. The standard InChI is InChI=1S/C14H11Br2NO3S/c1-7-11(15)13(16)21-12(7)14(20)17-9-5-3-2-4-8(9)6-10(18)19/h2-5H,6H2,1H3,(H,17,20)(H,18,19). The highest BCUT2D eigenvalue weighted by Crippen LogP contribution is 2.37. The molecule has 1 heterocycles. The second-order valence-corrected chi connectivity index (χ2v) is 7.46. The number of para-hydroxylation sites is 1. The number of carbonyl (C=O) groups is 2. The number of rotatable bonds is 4. The van der Waals surface area contributed by atoms with Gasteiger partial charge in [0.25, 0.3) is 5.91 Å². The van der Waals surface area contributed by atoms with E-state index < -0.39 is 5.97 Å². The Morgan fingerprint density at radius 3 is 2.52 bits per heavy atom. The van der Waals surface area contributed by atoms with Crippen molar-refractivity contribution in [2.24, 2.45) is 0 Å². The molecule has 0 saturated heterocycles. The van der Waals surface area contributed by atoms with Gasteiger partial charge in [0.15, 0.2) is 0 Å². The normalized spacial score (nSPS) is 10.4. The average molecular weight is 433 g/mol. The molecule has 0 radical (unpaired) electrons. The number of benzene rings is 1. The van der Waals surface area contributed by atoms with Crippen molar-refractivity contribution < 1.29 is 14.7 Å². The summed E-state index contributed by atoms with van der Waals surface area (Å²) < 4.78 is 1.71. The van der Waals surface area contributed by atoms with Crippen LogP contribution in [0.25, 0.3) is 0 Å². The molecule has 0 aliphatic heterocycles. The molecule has 110 valence electrons. The second-order valence-electron chi connectivity index (χ2n) is 4.33. The van der Waals surface area contributed by atoms with Crippen LogP contribution in [0.2, 0.25) is 0 Å². The van der Waals surface area contributed by atoms with Crippen molar-refractivity contribution in [2.75, 3.05) is 5.32 Å². The molecular weight excluding hydrogens is 422 g/mol. The molecule has 0 fully saturated rings. The van der Waals surface area contributed by atoms with Crippen LogP contribution in [0.1, 0.15) is 20.8 Å². The van der Waals surface area contributed by atoms with Crippen LogP contribution in [0.5, 0.6) is 0 Å². The van der Waals surface area contributed by atoms with Gasteiger partial charge in [-0.25, -0.2) is 0 Å². The summed E-state index contributed by atoms with van der Waals surface area (Å²) in [5.74, 6) is -1.18. The van der Waals surface area contributed by atoms with Crippen molar-refractivity contribution >= 4 is 60.8 Å². The molecule has 0 unspecified atom stereocenters. The van der Waals surface area contributed by atoms with Crippen LogP contribution in [0.4, 0.5) is 5.69 Å². The first kappa shape index (κ1) is 16.2. The average Bonchev–Trinajstić information content (AvgIpc) is 2.68. The maximum absolute atomic E-state index is 12.3. The lowest BCUT2D eigenvalue weighted by Crippen LogP contribution is -2.14. The minimum absolute atomic E-state index is 0.132. The second kappa shape index (κ2) is 6.72. The first-order valence-corrected chi connectivity index (χ1v) is 8.36. The molecule has 1 aromatic carbocycles. The van der Waals surface area contributed by atoms with Crippen molar-refractivity contribution in [1.82, 2.24) is 0 Å². The number of nitrogens with one attached hydrogen (secondary N) is 1. The van der Waals surface area contributed by atoms with Crippen LogP contribution in [-0.2, 0) is 11.2 Å². The fourth-order valence-corrected chi connectivity index (χ4v) is 3.99. The zero-order valence-corrected chi connectivity index (χ0v) is 14.9. The Morgan fingerprint density at radius 1 is 1.29 bits per heavy atom. The molecule has 4 nitrogen and oxygen atoms in total. The minimum atomic E-state index is -0.936. The van der Waals surface area contributed by atoms with Crippen LogP contribution < -0.4 is 5.32 Å². The van der Waals surface area contributed by atoms with Gasteiger partial charge < -0.3 is 10.4 Å². The number of carbonyl (C=O) groups excluding carboxylic acids is 1. The summed E-state index contributed by atoms with van der Waals surface area (Å²) in [6.45, 7) is 1.85. The van der Waals surface area contributed by atoms with E-state index in [1.165, 1.54) is 11.3 Å². The molecule has 2 rings (SSSR count). The van der Waals surface area contributed by atoms with E-state index in [1.54, 1.807) is 24.3 Å². The Morgan fingerprint density at radius 2 is 1.95 bits per heavy atom. The number of carboxylic acids is 1. The molecule has 0 atom stereocenters. The van der Waals surface area contributed by atoms with E-state index in [9.17, 15) is 9.59 Å².